The molecule has 0 fully saturated rings. The lowest BCUT2D eigenvalue weighted by Gasteiger charge is -2.22. The van der Waals surface area contributed by atoms with Crippen LogP contribution in [0.3, 0.4) is 0 Å². The molecule has 0 bridgehead atoms. The first-order chi connectivity index (χ1) is 8.60. The molecule has 1 N–H and O–H groups in total. The molecule has 0 saturated heterocycles. The second-order valence-electron chi connectivity index (χ2n) is 4.36. The number of rotatable bonds is 4. The summed E-state index contributed by atoms with van der Waals surface area (Å²) in [6, 6.07) is 1.82. The Morgan fingerprint density at radius 1 is 1.56 bits per heavy atom. The molecule has 0 unspecified atom stereocenters. The second kappa shape index (κ2) is 7.20. The fourth-order valence-electron chi connectivity index (χ4n) is 1.65. The van der Waals surface area contributed by atoms with E-state index in [1.54, 1.807) is 0 Å². The van der Waals surface area contributed by atoms with Gasteiger partial charge in [0.15, 0.2) is 0 Å². The lowest BCUT2D eigenvalue weighted by atomic mass is 10.2. The Labute approximate surface area is 112 Å². The van der Waals surface area contributed by atoms with Crippen molar-refractivity contribution in [2.45, 2.75) is 20.8 Å². The minimum atomic E-state index is -0.188. The van der Waals surface area contributed by atoms with Gasteiger partial charge >= 0.3 is 0 Å². The van der Waals surface area contributed by atoms with Crippen molar-refractivity contribution < 1.29 is 9.90 Å². The Hall–Kier alpha value is -1.31. The Kier molecular flexibility index (Phi) is 5.90. The molecule has 1 rings (SSSR count). The Morgan fingerprint density at radius 3 is 2.83 bits per heavy atom. The monoisotopic (exact) mass is 265 g/mol. The zero-order valence-corrected chi connectivity index (χ0v) is 11.9. The van der Waals surface area contributed by atoms with Gasteiger partial charge in [-0.05, 0) is 24.3 Å². The van der Waals surface area contributed by atoms with Gasteiger partial charge in [-0.3, -0.25) is 4.79 Å². The van der Waals surface area contributed by atoms with Crippen LogP contribution in [0.1, 0.15) is 36.0 Å². The fraction of sp³-hybridized carbons (Fsp3) is 0.500. The molecule has 1 heterocycles. The van der Waals surface area contributed by atoms with Gasteiger partial charge in [-0.1, -0.05) is 25.7 Å². The highest BCUT2D eigenvalue weighted by molar-refractivity contribution is 7.12. The van der Waals surface area contributed by atoms with Crippen LogP contribution >= 0.6 is 11.3 Å². The quantitative estimate of drug-likeness (QED) is 0.848. The number of carbonyl (C=O) groups is 1. The first kappa shape index (κ1) is 14.7. The number of hydrogen-bond acceptors (Lipinski definition) is 3. The van der Waals surface area contributed by atoms with Crippen molar-refractivity contribution in [2.24, 2.45) is 5.92 Å². The van der Waals surface area contributed by atoms with Crippen molar-refractivity contribution >= 4 is 17.2 Å². The van der Waals surface area contributed by atoms with Crippen LogP contribution in [0, 0.1) is 17.8 Å². The maximum atomic E-state index is 12.4. The highest BCUT2D eigenvalue weighted by atomic mass is 32.1. The smallest absolute Gasteiger partial charge is 0.265 e. The minimum Gasteiger partial charge on any atom is -0.384 e. The summed E-state index contributed by atoms with van der Waals surface area (Å²) in [7, 11) is 0. The topological polar surface area (TPSA) is 40.5 Å². The van der Waals surface area contributed by atoms with Gasteiger partial charge in [-0.2, -0.15) is 0 Å². The van der Waals surface area contributed by atoms with Crippen LogP contribution in [-0.2, 0) is 0 Å². The molecule has 0 aromatic carbocycles. The van der Waals surface area contributed by atoms with Gasteiger partial charge in [-0.25, -0.2) is 0 Å². The van der Waals surface area contributed by atoms with Gasteiger partial charge < -0.3 is 10.0 Å². The second-order valence-corrected chi connectivity index (χ2v) is 5.28. The van der Waals surface area contributed by atoms with Gasteiger partial charge in [0.2, 0.25) is 0 Å². The van der Waals surface area contributed by atoms with Crippen LogP contribution in [0.5, 0.6) is 0 Å². The molecule has 0 radical (unpaired) electrons. The molecule has 0 aliphatic rings. The van der Waals surface area contributed by atoms with Gasteiger partial charge in [0.1, 0.15) is 11.5 Å². The van der Waals surface area contributed by atoms with Crippen LogP contribution < -0.4 is 0 Å². The van der Waals surface area contributed by atoms with E-state index in [4.69, 9.17) is 5.11 Å². The zero-order chi connectivity index (χ0) is 13.5. The minimum absolute atomic E-state index is 0.0310. The van der Waals surface area contributed by atoms with Crippen LogP contribution in [0.4, 0.5) is 0 Å². The molecule has 1 aromatic rings. The van der Waals surface area contributed by atoms with Gasteiger partial charge in [0.05, 0.1) is 0 Å². The van der Waals surface area contributed by atoms with E-state index in [0.717, 1.165) is 6.54 Å². The Morgan fingerprint density at radius 2 is 2.28 bits per heavy atom. The van der Waals surface area contributed by atoms with Crippen LogP contribution in [0.15, 0.2) is 11.4 Å². The van der Waals surface area contributed by atoms with Crippen LogP contribution in [0.25, 0.3) is 0 Å². The lowest BCUT2D eigenvalue weighted by Crippen LogP contribution is -2.33. The molecule has 4 heteroatoms. The number of amides is 1. The molecule has 0 spiro atoms. The molecule has 1 aromatic heterocycles. The van der Waals surface area contributed by atoms with E-state index in [9.17, 15) is 4.79 Å². The van der Waals surface area contributed by atoms with E-state index in [-0.39, 0.29) is 12.5 Å². The summed E-state index contributed by atoms with van der Waals surface area (Å²) < 4.78 is 0. The van der Waals surface area contributed by atoms with Crippen molar-refractivity contribution in [3.05, 3.63) is 21.9 Å². The summed E-state index contributed by atoms with van der Waals surface area (Å²) in [6.07, 6.45) is 0. The predicted molar refractivity (Wildman–Crippen MR) is 74.7 cm³/mol. The summed E-state index contributed by atoms with van der Waals surface area (Å²) in [5, 5.41) is 10.6. The molecule has 1 amide bonds. The van der Waals surface area contributed by atoms with Crippen molar-refractivity contribution in [3.8, 4) is 11.8 Å². The number of hydrogen-bond donors (Lipinski definition) is 1. The molecule has 0 saturated carbocycles. The highest BCUT2D eigenvalue weighted by Crippen LogP contribution is 2.18. The highest BCUT2D eigenvalue weighted by Gasteiger charge is 2.19. The van der Waals surface area contributed by atoms with Gasteiger partial charge in [0, 0.05) is 18.7 Å². The average Bonchev–Trinajstić information content (AvgIpc) is 2.80. The SMILES string of the molecule is CCN(CC(C)C)C(=O)c1sccc1C#CCO. The Bertz CT molecular complexity index is 454. The Balaban J connectivity index is 2.91. The molecule has 3 nitrogen and oxygen atoms in total. The van der Waals surface area contributed by atoms with Crippen molar-refractivity contribution in [1.82, 2.24) is 4.90 Å². The number of aliphatic hydroxyl groups excluding tert-OH is 1. The van der Waals surface area contributed by atoms with Gasteiger partial charge in [0.25, 0.3) is 5.91 Å². The fourth-order valence-corrected chi connectivity index (χ4v) is 2.46. The van der Waals surface area contributed by atoms with E-state index in [1.807, 2.05) is 23.3 Å². The van der Waals surface area contributed by atoms with E-state index in [1.165, 1.54) is 11.3 Å². The third-order valence-corrected chi connectivity index (χ3v) is 3.32. The summed E-state index contributed by atoms with van der Waals surface area (Å²) in [6.45, 7) is 7.43. The molecular formula is C14H19NO2S. The van der Waals surface area contributed by atoms with Crippen LogP contribution in [-0.4, -0.2) is 35.6 Å². The number of thiophene rings is 1. The number of aliphatic hydroxyl groups is 1. The average molecular weight is 265 g/mol. The summed E-state index contributed by atoms with van der Waals surface area (Å²) >= 11 is 1.40. The number of carbonyl (C=O) groups excluding carboxylic acids is 1. The normalized spacial score (nSPS) is 10.1. The van der Waals surface area contributed by atoms with E-state index in [2.05, 4.69) is 25.7 Å². The van der Waals surface area contributed by atoms with Crippen LogP contribution in [0.2, 0.25) is 0 Å². The third kappa shape index (κ3) is 3.86. The van der Waals surface area contributed by atoms with Crippen molar-refractivity contribution in [3.63, 3.8) is 0 Å². The van der Waals surface area contributed by atoms with Gasteiger partial charge in [-0.15, -0.1) is 11.3 Å². The van der Waals surface area contributed by atoms with E-state index >= 15 is 0 Å². The summed E-state index contributed by atoms with van der Waals surface area (Å²) in [5.74, 6) is 5.88. The first-order valence-electron chi connectivity index (χ1n) is 6.06. The molecule has 0 aliphatic carbocycles. The molecule has 98 valence electrons. The molecule has 18 heavy (non-hydrogen) atoms. The van der Waals surface area contributed by atoms with Crippen molar-refractivity contribution in [2.75, 3.05) is 19.7 Å². The maximum Gasteiger partial charge on any atom is 0.265 e. The van der Waals surface area contributed by atoms with Crippen molar-refractivity contribution in [1.29, 1.82) is 0 Å². The largest absolute Gasteiger partial charge is 0.384 e. The van der Waals surface area contributed by atoms with E-state index in [0.29, 0.717) is 22.9 Å². The first-order valence-corrected chi connectivity index (χ1v) is 6.94. The molecule has 0 atom stereocenters. The third-order valence-electron chi connectivity index (χ3n) is 2.42. The molecular weight excluding hydrogens is 246 g/mol. The van der Waals surface area contributed by atoms with E-state index < -0.39 is 0 Å². The maximum absolute atomic E-state index is 12.4. The summed E-state index contributed by atoms with van der Waals surface area (Å²) in [4.78, 5) is 14.9. The zero-order valence-electron chi connectivity index (χ0n) is 11.1. The summed E-state index contributed by atoms with van der Waals surface area (Å²) in [5.41, 5.74) is 0.709. The number of nitrogens with zero attached hydrogens (tertiary/aromatic N) is 1. The molecule has 0 aliphatic heterocycles. The standard InChI is InChI=1S/C14H19NO2S/c1-4-15(10-11(2)3)14(17)13-12(6-5-8-16)7-9-18-13/h7,9,11,16H,4,8,10H2,1-3H3. The predicted octanol–water partition coefficient (Wildman–Crippen LogP) is 2.21. The lowest BCUT2D eigenvalue weighted by molar-refractivity contribution is 0.0750.